The summed E-state index contributed by atoms with van der Waals surface area (Å²) in [6.07, 6.45) is -0.917. The lowest BCUT2D eigenvalue weighted by Gasteiger charge is -2.21. The van der Waals surface area contributed by atoms with Gasteiger partial charge in [0.2, 0.25) is 5.91 Å². The van der Waals surface area contributed by atoms with Gasteiger partial charge in [-0.15, -0.1) is 0 Å². The Morgan fingerprint density at radius 3 is 1.70 bits per heavy atom. The van der Waals surface area contributed by atoms with Crippen LogP contribution >= 0.6 is 0 Å². The Hall–Kier alpha value is -4.13. The first-order valence-corrected chi connectivity index (χ1v) is 10.5. The second-order valence-corrected chi connectivity index (χ2v) is 7.46. The normalized spacial score (nSPS) is 12.7. The maximum atomic E-state index is 13.1. The number of amides is 2. The molecule has 0 saturated carbocycles. The number of hydrogen-bond acceptors (Lipinski definition) is 4. The molecule has 0 saturated heterocycles. The third-order valence-corrected chi connectivity index (χ3v) is 4.94. The smallest absolute Gasteiger partial charge is 0.408 e. The number of aliphatic carboxylic acids is 1. The number of ether oxygens (including phenoxy) is 1. The maximum absolute atomic E-state index is 13.1. The molecule has 0 aliphatic rings. The zero-order valence-electron chi connectivity index (χ0n) is 19.0. The van der Waals surface area contributed by atoms with E-state index in [1.807, 2.05) is 18.2 Å². The predicted octanol–water partition coefficient (Wildman–Crippen LogP) is 3.34. The van der Waals surface area contributed by atoms with Crippen molar-refractivity contribution in [1.82, 2.24) is 10.6 Å². The van der Waals surface area contributed by atoms with Gasteiger partial charge in [0.15, 0.2) is 1.41 Å². The summed E-state index contributed by atoms with van der Waals surface area (Å²) in [5.74, 6) is -1.96. The average molecular weight is 448 g/mol. The van der Waals surface area contributed by atoms with E-state index in [2.05, 4.69) is 5.32 Å². The standard InChI is InChI=1S/C26H26N2O5/c29-24(27-23(25(30)31)17-20-12-6-2-7-13-20)22(16-19-10-4-1-5-11-19)28-26(32)33-18-21-14-8-3-9-15-21/h1-15,22-23H,16-18H2,(H,27,29)(H,28,32)(H,30,31)/t22-,23-/m0/s1/i/hD. The van der Waals surface area contributed by atoms with Gasteiger partial charge in [-0.3, -0.25) is 4.79 Å². The van der Waals surface area contributed by atoms with E-state index in [1.165, 1.54) is 0 Å². The van der Waals surface area contributed by atoms with Crippen molar-refractivity contribution in [2.45, 2.75) is 31.5 Å². The number of carboxylic acids is 1. The Morgan fingerprint density at radius 2 is 1.21 bits per heavy atom. The molecule has 2 atom stereocenters. The highest BCUT2D eigenvalue weighted by Gasteiger charge is 2.27. The zero-order chi connectivity index (χ0) is 24.3. The van der Waals surface area contributed by atoms with E-state index in [0.717, 1.165) is 11.1 Å². The molecule has 3 aromatic rings. The van der Waals surface area contributed by atoms with Gasteiger partial charge in [-0.05, 0) is 16.7 Å². The topological polar surface area (TPSA) is 105 Å². The van der Waals surface area contributed by atoms with Crippen LogP contribution in [0.5, 0.6) is 0 Å². The number of hydrogen-bond donors (Lipinski definition) is 3. The summed E-state index contributed by atoms with van der Waals surface area (Å²) in [4.78, 5) is 37.5. The van der Waals surface area contributed by atoms with Gasteiger partial charge in [0.1, 0.15) is 18.7 Å². The van der Waals surface area contributed by atoms with Crippen LogP contribution < -0.4 is 10.6 Å². The van der Waals surface area contributed by atoms with Gasteiger partial charge >= 0.3 is 12.1 Å². The SMILES string of the molecule is [2H]N(C(=O)OCc1ccccc1)[C@@H](Cc1ccccc1)C(=O)N[C@@H](Cc1ccccc1)C(=O)O. The van der Waals surface area contributed by atoms with Crippen molar-refractivity contribution in [3.8, 4) is 0 Å². The van der Waals surface area contributed by atoms with Crippen LogP contribution in [0.4, 0.5) is 4.79 Å². The first-order chi connectivity index (χ1) is 16.4. The maximum Gasteiger partial charge on any atom is 0.408 e. The molecule has 0 aliphatic carbocycles. The number of nitrogens with one attached hydrogen (secondary N) is 2. The van der Waals surface area contributed by atoms with Gasteiger partial charge in [-0.2, -0.15) is 0 Å². The summed E-state index contributed by atoms with van der Waals surface area (Å²) < 4.78 is 13.5. The molecule has 7 nitrogen and oxygen atoms in total. The molecule has 3 aromatic carbocycles. The van der Waals surface area contributed by atoms with Gasteiger partial charge in [0.05, 0.1) is 0 Å². The van der Waals surface area contributed by atoms with E-state index in [1.54, 1.807) is 72.8 Å². The predicted molar refractivity (Wildman–Crippen MR) is 123 cm³/mol. The molecule has 7 heteroatoms. The molecule has 0 aliphatic heterocycles. The third-order valence-electron chi connectivity index (χ3n) is 4.94. The Bertz CT molecular complexity index is 1080. The molecular formula is C26H26N2O5. The van der Waals surface area contributed by atoms with E-state index in [-0.39, 0.29) is 19.4 Å². The highest BCUT2D eigenvalue weighted by Crippen LogP contribution is 2.08. The first-order valence-electron chi connectivity index (χ1n) is 11.0. The van der Waals surface area contributed by atoms with Crippen LogP contribution in [0.3, 0.4) is 0 Å². The van der Waals surface area contributed by atoms with Crippen molar-refractivity contribution >= 4 is 18.0 Å². The highest BCUT2D eigenvalue weighted by atomic mass is 16.5. The van der Waals surface area contributed by atoms with Gasteiger partial charge in [-0.25, -0.2) is 9.59 Å². The molecule has 170 valence electrons. The summed E-state index contributed by atoms with van der Waals surface area (Å²) in [7, 11) is 0. The number of rotatable bonds is 10. The second kappa shape index (κ2) is 12.0. The molecule has 0 fully saturated rings. The average Bonchev–Trinajstić information content (AvgIpc) is 2.86. The van der Waals surface area contributed by atoms with Crippen LogP contribution in [0.2, 0.25) is 1.41 Å². The zero-order valence-corrected chi connectivity index (χ0v) is 18.0. The molecular weight excluding hydrogens is 420 g/mol. The van der Waals surface area contributed by atoms with Crippen molar-refractivity contribution in [3.63, 3.8) is 0 Å². The quantitative estimate of drug-likeness (QED) is 0.442. The Labute approximate surface area is 193 Å². The fourth-order valence-corrected chi connectivity index (χ4v) is 3.24. The van der Waals surface area contributed by atoms with Crippen LogP contribution in [0.25, 0.3) is 0 Å². The monoisotopic (exact) mass is 447 g/mol. The minimum Gasteiger partial charge on any atom is -0.480 e. The van der Waals surface area contributed by atoms with Gasteiger partial charge < -0.3 is 20.5 Å². The number of carbonyl (C=O) groups excluding carboxylic acids is 2. The summed E-state index contributed by atoms with van der Waals surface area (Å²) in [6, 6.07) is 24.3. The van der Waals surface area contributed by atoms with Crippen LogP contribution in [-0.2, 0) is 33.8 Å². The van der Waals surface area contributed by atoms with E-state index >= 15 is 0 Å². The van der Waals surface area contributed by atoms with E-state index in [9.17, 15) is 19.5 Å². The fraction of sp³-hybridized carbons (Fsp3) is 0.192. The number of alkyl carbamates (subject to hydrolysis) is 1. The molecule has 2 amide bonds. The Morgan fingerprint density at radius 1 is 0.758 bits per heavy atom. The van der Waals surface area contributed by atoms with Crippen LogP contribution in [-0.4, -0.2) is 35.2 Å². The molecule has 3 N–H and O–H groups in total. The third kappa shape index (κ3) is 7.81. The molecule has 33 heavy (non-hydrogen) atoms. The minimum absolute atomic E-state index is 0.0221. The van der Waals surface area contributed by atoms with Crippen LogP contribution in [0.1, 0.15) is 16.7 Å². The van der Waals surface area contributed by atoms with E-state index in [4.69, 9.17) is 6.15 Å². The molecule has 0 spiro atoms. The van der Waals surface area contributed by atoms with Gasteiger partial charge in [0.25, 0.3) is 0 Å². The molecule has 0 radical (unpaired) electrons. The Kier molecular flexibility index (Phi) is 8.06. The van der Waals surface area contributed by atoms with Gasteiger partial charge in [0, 0.05) is 12.8 Å². The van der Waals surface area contributed by atoms with Crippen LogP contribution in [0, 0.1) is 0 Å². The lowest BCUT2D eigenvalue weighted by atomic mass is 10.0. The van der Waals surface area contributed by atoms with Crippen molar-refractivity contribution < 1.29 is 25.6 Å². The minimum atomic E-state index is -1.29. The van der Waals surface area contributed by atoms with E-state index in [0.29, 0.717) is 10.9 Å². The number of carbonyl (C=O) groups is 3. The van der Waals surface area contributed by atoms with Crippen molar-refractivity contribution in [3.05, 3.63) is 108 Å². The summed E-state index contributed by atoms with van der Waals surface area (Å²) in [5.41, 5.74) is 2.19. The van der Waals surface area contributed by atoms with Crippen molar-refractivity contribution in [2.24, 2.45) is 0 Å². The van der Waals surface area contributed by atoms with E-state index < -0.39 is 30.1 Å². The summed E-state index contributed by atoms with van der Waals surface area (Å²) >= 11 is 0. The highest BCUT2D eigenvalue weighted by molar-refractivity contribution is 5.89. The van der Waals surface area contributed by atoms with Gasteiger partial charge in [-0.1, -0.05) is 91.0 Å². The molecule has 0 heterocycles. The molecule has 0 bridgehead atoms. The van der Waals surface area contributed by atoms with Crippen molar-refractivity contribution in [2.75, 3.05) is 0 Å². The first kappa shape index (κ1) is 22.1. The molecule has 0 aromatic heterocycles. The summed E-state index contributed by atoms with van der Waals surface area (Å²) in [6.45, 7) is -0.0551. The largest absolute Gasteiger partial charge is 0.480 e. The fourth-order valence-electron chi connectivity index (χ4n) is 3.24. The lowest BCUT2D eigenvalue weighted by Crippen LogP contribution is -2.53. The van der Waals surface area contributed by atoms with Crippen molar-refractivity contribution in [1.29, 1.82) is 0 Å². The Balaban J connectivity index is 1.74. The number of benzene rings is 3. The van der Waals surface area contributed by atoms with Crippen LogP contribution in [0.15, 0.2) is 91.0 Å². The molecule has 0 unspecified atom stereocenters. The second-order valence-electron chi connectivity index (χ2n) is 7.46. The number of carboxylic acid groups (broad SMARTS) is 1. The molecule has 3 rings (SSSR count). The summed E-state index contributed by atoms with van der Waals surface area (Å²) in [5, 5.41) is 12.6. The lowest BCUT2D eigenvalue weighted by molar-refractivity contribution is -0.142.